The van der Waals surface area contributed by atoms with Crippen LogP contribution in [-0.4, -0.2) is 27.5 Å². The maximum Gasteiger partial charge on any atom is 0.263 e. The number of ether oxygens (including phenoxy) is 2. The van der Waals surface area contributed by atoms with Gasteiger partial charge in [-0.2, -0.15) is 0 Å². The number of fused-ring (bicyclic) bond motifs is 4. The average molecular weight is 498 g/mol. The third kappa shape index (κ3) is 4.46. The van der Waals surface area contributed by atoms with Crippen molar-refractivity contribution < 1.29 is 14.3 Å². The van der Waals surface area contributed by atoms with E-state index in [4.69, 9.17) is 14.5 Å². The maximum absolute atomic E-state index is 13.5. The molecule has 0 saturated heterocycles. The second kappa shape index (κ2) is 9.84. The van der Waals surface area contributed by atoms with Gasteiger partial charge in [-0.05, 0) is 55.9 Å². The minimum Gasteiger partial charge on any atom is -0.454 e. The van der Waals surface area contributed by atoms with E-state index in [0.29, 0.717) is 29.7 Å². The summed E-state index contributed by atoms with van der Waals surface area (Å²) >= 11 is 2.94. The zero-order valence-electron chi connectivity index (χ0n) is 19.1. The van der Waals surface area contributed by atoms with Crippen molar-refractivity contribution in [3.63, 3.8) is 0 Å². The van der Waals surface area contributed by atoms with Gasteiger partial charge < -0.3 is 14.8 Å². The van der Waals surface area contributed by atoms with Gasteiger partial charge in [-0.25, -0.2) is 4.98 Å². The largest absolute Gasteiger partial charge is 0.454 e. The van der Waals surface area contributed by atoms with E-state index in [0.717, 1.165) is 41.5 Å². The van der Waals surface area contributed by atoms with Gasteiger partial charge in [0.2, 0.25) is 12.7 Å². The molecule has 3 heterocycles. The number of thioether (sulfide) groups is 1. The van der Waals surface area contributed by atoms with Crippen LogP contribution in [0.3, 0.4) is 0 Å². The number of benzene rings is 1. The van der Waals surface area contributed by atoms with E-state index in [1.807, 2.05) is 25.1 Å². The van der Waals surface area contributed by atoms with E-state index < -0.39 is 5.25 Å². The van der Waals surface area contributed by atoms with Crippen molar-refractivity contribution in [3.8, 4) is 11.5 Å². The molecule has 9 heteroatoms. The van der Waals surface area contributed by atoms with Gasteiger partial charge in [-0.1, -0.05) is 30.3 Å². The lowest BCUT2D eigenvalue weighted by Gasteiger charge is -2.15. The first-order valence-electron chi connectivity index (χ1n) is 11.5. The number of aryl methyl sites for hydroxylation is 2. The third-order valence-corrected chi connectivity index (χ3v) is 8.43. The number of aromatic nitrogens is 2. The lowest BCUT2D eigenvalue weighted by Crippen LogP contribution is -2.31. The molecule has 1 aliphatic heterocycles. The summed E-state index contributed by atoms with van der Waals surface area (Å²) in [5.74, 6) is 1.28. The SMILES string of the molecule is C=CCn1c(SC(C)C(=O)NCc2ccc3c(c2)OCO3)nc2sc3c(c2c1=O)CCCCC3. The maximum atomic E-state index is 13.5. The van der Waals surface area contributed by atoms with Crippen molar-refractivity contribution in [2.24, 2.45) is 0 Å². The molecule has 178 valence electrons. The summed E-state index contributed by atoms with van der Waals surface area (Å²) in [6.45, 7) is 6.61. The normalized spacial score (nSPS) is 15.6. The molecule has 0 spiro atoms. The van der Waals surface area contributed by atoms with Gasteiger partial charge in [0.15, 0.2) is 16.7 Å². The lowest BCUT2D eigenvalue weighted by molar-refractivity contribution is -0.120. The van der Waals surface area contributed by atoms with E-state index in [1.165, 1.54) is 28.6 Å². The number of thiophene rings is 1. The molecule has 0 saturated carbocycles. The Morgan fingerprint density at radius 3 is 2.97 bits per heavy atom. The molecule has 2 aromatic heterocycles. The van der Waals surface area contributed by atoms with Crippen LogP contribution in [0.4, 0.5) is 0 Å². The van der Waals surface area contributed by atoms with E-state index in [-0.39, 0.29) is 18.3 Å². The van der Waals surface area contributed by atoms with Crippen LogP contribution in [0.2, 0.25) is 0 Å². The summed E-state index contributed by atoms with van der Waals surface area (Å²) < 4.78 is 12.4. The Hall–Kier alpha value is -2.78. The molecule has 1 aliphatic carbocycles. The highest BCUT2D eigenvalue weighted by molar-refractivity contribution is 8.00. The van der Waals surface area contributed by atoms with Crippen molar-refractivity contribution in [3.05, 3.63) is 57.2 Å². The molecule has 0 fully saturated rings. The molecule has 1 amide bonds. The van der Waals surface area contributed by atoms with E-state index in [2.05, 4.69) is 11.9 Å². The van der Waals surface area contributed by atoms with Gasteiger partial charge in [0, 0.05) is 18.0 Å². The highest BCUT2D eigenvalue weighted by Crippen LogP contribution is 2.35. The predicted octanol–water partition coefficient (Wildman–Crippen LogP) is 4.44. The number of amides is 1. The second-order valence-electron chi connectivity index (χ2n) is 8.51. The Morgan fingerprint density at radius 1 is 1.29 bits per heavy atom. The Kier molecular flexibility index (Phi) is 6.65. The molecule has 2 aliphatic rings. The summed E-state index contributed by atoms with van der Waals surface area (Å²) in [6.07, 6.45) is 7.11. The van der Waals surface area contributed by atoms with Crippen molar-refractivity contribution in [2.45, 2.75) is 62.5 Å². The molecule has 5 rings (SSSR count). The first kappa shape index (κ1) is 23.0. The first-order valence-corrected chi connectivity index (χ1v) is 13.2. The number of allylic oxidation sites excluding steroid dienone is 1. The molecular weight excluding hydrogens is 470 g/mol. The summed E-state index contributed by atoms with van der Waals surface area (Å²) in [7, 11) is 0. The van der Waals surface area contributed by atoms with Crippen LogP contribution in [0.5, 0.6) is 11.5 Å². The summed E-state index contributed by atoms with van der Waals surface area (Å²) in [6, 6.07) is 5.62. The molecule has 0 radical (unpaired) electrons. The number of carbonyl (C=O) groups is 1. The van der Waals surface area contributed by atoms with Crippen LogP contribution in [0, 0.1) is 0 Å². The highest BCUT2D eigenvalue weighted by atomic mass is 32.2. The molecule has 1 atom stereocenters. The van der Waals surface area contributed by atoms with Crippen LogP contribution in [0.25, 0.3) is 10.2 Å². The van der Waals surface area contributed by atoms with Gasteiger partial charge in [0.25, 0.3) is 5.56 Å². The highest BCUT2D eigenvalue weighted by Gasteiger charge is 2.24. The van der Waals surface area contributed by atoms with Gasteiger partial charge >= 0.3 is 0 Å². The Morgan fingerprint density at radius 2 is 2.12 bits per heavy atom. The molecule has 3 aromatic rings. The fourth-order valence-corrected chi connectivity index (χ4v) is 6.62. The number of hydrogen-bond acceptors (Lipinski definition) is 7. The number of nitrogens with zero attached hydrogens (tertiary/aromatic N) is 2. The van der Waals surface area contributed by atoms with Gasteiger partial charge in [-0.3, -0.25) is 14.2 Å². The fraction of sp³-hybridized carbons (Fsp3) is 0.400. The van der Waals surface area contributed by atoms with E-state index >= 15 is 0 Å². The predicted molar refractivity (Wildman–Crippen MR) is 135 cm³/mol. The fourth-order valence-electron chi connectivity index (χ4n) is 4.37. The number of carbonyl (C=O) groups excluding carboxylic acids is 1. The summed E-state index contributed by atoms with van der Waals surface area (Å²) in [5.41, 5.74) is 2.08. The van der Waals surface area contributed by atoms with Crippen molar-refractivity contribution in [1.82, 2.24) is 14.9 Å². The first-order chi connectivity index (χ1) is 16.5. The average Bonchev–Trinajstić information content (AvgIpc) is 3.37. The summed E-state index contributed by atoms with van der Waals surface area (Å²) in [4.78, 5) is 33.3. The Bertz CT molecular complexity index is 1310. The zero-order valence-corrected chi connectivity index (χ0v) is 20.7. The lowest BCUT2D eigenvalue weighted by atomic mass is 10.1. The van der Waals surface area contributed by atoms with Gasteiger partial charge in [0.05, 0.1) is 10.6 Å². The van der Waals surface area contributed by atoms with E-state index in [1.54, 1.807) is 22.0 Å². The molecule has 1 unspecified atom stereocenters. The minimum atomic E-state index is -0.424. The summed E-state index contributed by atoms with van der Waals surface area (Å²) in [5, 5.41) is 3.86. The molecule has 0 bridgehead atoms. The van der Waals surface area contributed by atoms with Gasteiger partial charge in [-0.15, -0.1) is 17.9 Å². The number of hydrogen-bond donors (Lipinski definition) is 1. The number of nitrogens with one attached hydrogen (secondary N) is 1. The Balaban J connectivity index is 1.35. The van der Waals surface area contributed by atoms with Crippen LogP contribution in [0.1, 0.15) is 42.2 Å². The molecular formula is C25H27N3O4S2. The zero-order chi connectivity index (χ0) is 23.7. The van der Waals surface area contributed by atoms with Crippen LogP contribution >= 0.6 is 23.1 Å². The van der Waals surface area contributed by atoms with E-state index in [9.17, 15) is 9.59 Å². The molecule has 34 heavy (non-hydrogen) atoms. The topological polar surface area (TPSA) is 82.5 Å². The van der Waals surface area contributed by atoms with Crippen LogP contribution in [-0.2, 0) is 30.7 Å². The molecule has 7 nitrogen and oxygen atoms in total. The quantitative estimate of drug-likeness (QED) is 0.225. The van der Waals surface area contributed by atoms with Crippen molar-refractivity contribution in [1.29, 1.82) is 0 Å². The van der Waals surface area contributed by atoms with Crippen molar-refractivity contribution >= 4 is 39.2 Å². The molecule has 1 N–H and O–H groups in total. The molecule has 1 aromatic carbocycles. The van der Waals surface area contributed by atoms with Crippen LogP contribution < -0.4 is 20.3 Å². The van der Waals surface area contributed by atoms with Crippen LogP contribution in [0.15, 0.2) is 40.8 Å². The minimum absolute atomic E-state index is 0.0280. The smallest absolute Gasteiger partial charge is 0.263 e. The van der Waals surface area contributed by atoms with Crippen molar-refractivity contribution in [2.75, 3.05) is 6.79 Å². The third-order valence-electron chi connectivity index (χ3n) is 6.16. The standard InChI is InChI=1S/C25H27N3O4S2/c1-3-11-28-24(30)21-17-7-5-4-6-8-20(17)34-23(21)27-25(28)33-15(2)22(29)26-13-16-9-10-18-19(12-16)32-14-31-18/h3,9-10,12,15H,1,4-8,11,13-14H2,2H3,(H,26,29). The second-order valence-corrected chi connectivity index (χ2v) is 10.9. The Labute approximate surface area is 206 Å². The number of rotatable bonds is 7. The van der Waals surface area contributed by atoms with Gasteiger partial charge in [0.1, 0.15) is 4.83 Å². The monoisotopic (exact) mass is 497 g/mol.